The minimum absolute atomic E-state index is 0.0704. The van der Waals surface area contributed by atoms with E-state index in [1.54, 1.807) is 62.3 Å². The van der Waals surface area contributed by atoms with Crippen molar-refractivity contribution in [2.45, 2.75) is 92.0 Å². The van der Waals surface area contributed by atoms with Crippen LogP contribution < -0.4 is 0 Å². The van der Waals surface area contributed by atoms with E-state index in [1.807, 2.05) is 0 Å². The molecule has 0 rings (SSSR count). The minimum Gasteiger partial charge on any atom is -0.481 e. The number of amides is 1. The van der Waals surface area contributed by atoms with Crippen LogP contribution in [0.4, 0.5) is 4.79 Å². The van der Waals surface area contributed by atoms with Gasteiger partial charge in [0.25, 0.3) is 0 Å². The Balaban J connectivity index is 5.16. The maximum absolute atomic E-state index is 13.0. The van der Waals surface area contributed by atoms with Gasteiger partial charge in [0.1, 0.15) is 12.1 Å². The van der Waals surface area contributed by atoms with Gasteiger partial charge in [0.15, 0.2) is 0 Å². The maximum Gasteiger partial charge on any atom is 0.478 e. The fourth-order valence-electron chi connectivity index (χ4n) is 2.16. The highest BCUT2D eigenvalue weighted by atomic mass is 31.2. The van der Waals surface area contributed by atoms with Gasteiger partial charge >= 0.3 is 25.9 Å². The minimum atomic E-state index is -4.10. The number of hydrogen-bond donors (Lipinski definition) is 1. The molecule has 0 heterocycles. The zero-order chi connectivity index (χ0) is 25.4. The lowest BCUT2D eigenvalue weighted by Gasteiger charge is -2.31. The highest BCUT2D eigenvalue weighted by Crippen LogP contribution is 2.55. The predicted molar refractivity (Wildman–Crippen MR) is 116 cm³/mol. The van der Waals surface area contributed by atoms with Crippen LogP contribution in [0.2, 0.25) is 0 Å². The molecule has 1 N–H and O–H groups in total. The summed E-state index contributed by atoms with van der Waals surface area (Å²) in [5, 5.41) is 8.81. The van der Waals surface area contributed by atoms with Crippen molar-refractivity contribution in [3.05, 3.63) is 0 Å². The third kappa shape index (κ3) is 16.0. The Morgan fingerprint density at radius 3 is 1.78 bits per heavy atom. The van der Waals surface area contributed by atoms with Crippen molar-refractivity contribution in [2.24, 2.45) is 0 Å². The quantitative estimate of drug-likeness (QED) is 0.256. The molecule has 0 saturated heterocycles. The van der Waals surface area contributed by atoms with Gasteiger partial charge in [0.05, 0.1) is 11.2 Å². The van der Waals surface area contributed by atoms with Crippen LogP contribution in [0.25, 0.3) is 0 Å². The number of phosphoric ester groups is 1. The number of nitrogens with zero attached hydrogens (tertiary/aromatic N) is 1. The molecular weight excluding hydrogens is 445 g/mol. The number of carbonyl (C=O) groups is 3. The van der Waals surface area contributed by atoms with Gasteiger partial charge in [-0.2, -0.15) is 0 Å². The Morgan fingerprint density at radius 2 is 1.38 bits per heavy atom. The van der Waals surface area contributed by atoms with E-state index in [4.69, 9.17) is 28.2 Å². The van der Waals surface area contributed by atoms with Crippen molar-refractivity contribution in [3.8, 4) is 0 Å². The van der Waals surface area contributed by atoms with E-state index >= 15 is 0 Å². The molecule has 0 aliphatic carbocycles. The van der Waals surface area contributed by atoms with Gasteiger partial charge < -0.3 is 14.6 Å². The Morgan fingerprint density at radius 1 is 0.875 bits per heavy atom. The summed E-state index contributed by atoms with van der Waals surface area (Å²) in [7, 11) is -4.10. The van der Waals surface area contributed by atoms with Crippen LogP contribution in [0.5, 0.6) is 0 Å². The monoisotopic (exact) mass is 483 g/mol. The van der Waals surface area contributed by atoms with Gasteiger partial charge in [0.2, 0.25) is 6.79 Å². The topological polar surface area (TPSA) is 138 Å². The lowest BCUT2D eigenvalue weighted by Crippen LogP contribution is -2.40. The summed E-state index contributed by atoms with van der Waals surface area (Å²) in [5.74, 6) is -1.73. The summed E-state index contributed by atoms with van der Waals surface area (Å²) >= 11 is 0. The van der Waals surface area contributed by atoms with Crippen molar-refractivity contribution >= 4 is 25.9 Å². The van der Waals surface area contributed by atoms with Crippen LogP contribution in [0.1, 0.15) is 75.2 Å². The molecule has 0 radical (unpaired) electrons. The first-order chi connectivity index (χ1) is 14.2. The third-order valence-corrected chi connectivity index (χ3v) is 4.95. The van der Waals surface area contributed by atoms with E-state index < -0.39 is 56.0 Å². The van der Waals surface area contributed by atoms with E-state index in [0.29, 0.717) is 0 Å². The SMILES string of the molecule is CC(C)(C)OC(=O)CN(CCCC(=O)O)C(=O)OCOP(=O)(OC(C)(C)C)OC(C)(C)C. The summed E-state index contributed by atoms with van der Waals surface area (Å²) in [6, 6.07) is 0. The molecule has 0 saturated carbocycles. The number of ether oxygens (including phenoxy) is 2. The van der Waals surface area contributed by atoms with Gasteiger partial charge in [-0.1, -0.05) is 0 Å². The van der Waals surface area contributed by atoms with Gasteiger partial charge in [-0.25, -0.2) is 13.9 Å². The van der Waals surface area contributed by atoms with Crippen LogP contribution >= 0.6 is 7.82 Å². The molecule has 12 heteroatoms. The molecule has 0 aromatic heterocycles. The number of phosphoric acid groups is 1. The summed E-state index contributed by atoms with van der Waals surface area (Å²) in [6.45, 7) is 13.7. The van der Waals surface area contributed by atoms with Crippen molar-refractivity contribution in [1.82, 2.24) is 4.90 Å². The van der Waals surface area contributed by atoms with E-state index in [2.05, 4.69) is 0 Å². The summed E-state index contributed by atoms with van der Waals surface area (Å²) in [6.07, 6.45) is -1.09. The molecule has 188 valence electrons. The second-order valence-electron chi connectivity index (χ2n) is 10.0. The second kappa shape index (κ2) is 12.0. The fourth-order valence-corrected chi connectivity index (χ4v) is 3.83. The number of aliphatic carboxylic acids is 1. The van der Waals surface area contributed by atoms with Crippen molar-refractivity contribution in [2.75, 3.05) is 19.9 Å². The Bertz CT molecular complexity index is 668. The molecule has 0 bridgehead atoms. The van der Waals surface area contributed by atoms with Crippen molar-refractivity contribution in [1.29, 1.82) is 0 Å². The lowest BCUT2D eigenvalue weighted by molar-refractivity contribution is -0.156. The number of carboxylic acid groups (broad SMARTS) is 1. The Hall–Kier alpha value is -1.68. The summed E-state index contributed by atoms with van der Waals surface area (Å²) in [4.78, 5) is 36.3. The average Bonchev–Trinajstić information content (AvgIpc) is 2.47. The number of rotatable bonds is 11. The molecule has 0 aromatic carbocycles. The molecule has 1 amide bonds. The van der Waals surface area contributed by atoms with E-state index in [1.165, 1.54) is 0 Å². The van der Waals surface area contributed by atoms with Gasteiger partial charge in [-0.3, -0.25) is 23.5 Å². The molecule has 0 fully saturated rings. The Kier molecular flexibility index (Phi) is 11.3. The molecule has 0 aromatic rings. The average molecular weight is 483 g/mol. The highest BCUT2D eigenvalue weighted by molar-refractivity contribution is 7.48. The standard InChI is InChI=1S/C20H38NO10P/c1-18(2,3)29-16(24)13-21(12-10-11-15(22)23)17(25)27-14-28-32(26,30-19(4,5)6)31-20(7,8)9/h10-14H2,1-9H3,(H,22,23). The van der Waals surface area contributed by atoms with Gasteiger partial charge in [-0.15, -0.1) is 0 Å². The van der Waals surface area contributed by atoms with Crippen LogP contribution in [0, 0.1) is 0 Å². The highest BCUT2D eigenvalue weighted by Gasteiger charge is 2.37. The molecule has 0 aliphatic heterocycles. The largest absolute Gasteiger partial charge is 0.481 e. The molecule has 0 atom stereocenters. The Labute approximate surface area is 190 Å². The zero-order valence-corrected chi connectivity index (χ0v) is 21.4. The van der Waals surface area contributed by atoms with E-state index in [-0.39, 0.29) is 19.4 Å². The number of hydrogen-bond acceptors (Lipinski definition) is 9. The van der Waals surface area contributed by atoms with Crippen LogP contribution in [-0.4, -0.2) is 64.7 Å². The lowest BCUT2D eigenvalue weighted by atomic mass is 10.2. The zero-order valence-electron chi connectivity index (χ0n) is 20.6. The number of carboxylic acids is 1. The van der Waals surface area contributed by atoms with E-state index in [9.17, 15) is 18.9 Å². The van der Waals surface area contributed by atoms with Crippen molar-refractivity contribution < 1.29 is 47.1 Å². The molecule has 0 spiro atoms. The van der Waals surface area contributed by atoms with Crippen LogP contribution in [0.3, 0.4) is 0 Å². The predicted octanol–water partition coefficient (Wildman–Crippen LogP) is 4.34. The second-order valence-corrected chi connectivity index (χ2v) is 11.5. The normalized spacial score (nSPS) is 12.9. The van der Waals surface area contributed by atoms with Crippen molar-refractivity contribution in [3.63, 3.8) is 0 Å². The van der Waals surface area contributed by atoms with Gasteiger partial charge in [-0.05, 0) is 68.7 Å². The smallest absolute Gasteiger partial charge is 0.478 e. The van der Waals surface area contributed by atoms with Crippen LogP contribution in [0.15, 0.2) is 0 Å². The molecule has 0 unspecified atom stereocenters. The summed E-state index contributed by atoms with van der Waals surface area (Å²) in [5.41, 5.74) is -2.51. The molecule has 32 heavy (non-hydrogen) atoms. The fraction of sp³-hybridized carbons (Fsp3) is 0.850. The van der Waals surface area contributed by atoms with Crippen LogP contribution in [-0.2, 0) is 37.2 Å². The molecular formula is C20H38NO10P. The van der Waals surface area contributed by atoms with E-state index in [0.717, 1.165) is 4.90 Å². The summed E-state index contributed by atoms with van der Waals surface area (Å²) < 4.78 is 39.2. The first kappa shape index (κ1) is 30.3. The number of esters is 1. The first-order valence-corrected chi connectivity index (χ1v) is 11.7. The molecule has 0 aliphatic rings. The molecule has 11 nitrogen and oxygen atoms in total. The third-order valence-electron chi connectivity index (χ3n) is 2.98. The first-order valence-electron chi connectivity index (χ1n) is 10.2. The maximum atomic E-state index is 13.0. The van der Waals surface area contributed by atoms with Gasteiger partial charge in [0, 0.05) is 13.0 Å². The number of carbonyl (C=O) groups excluding carboxylic acids is 2.